The Balaban J connectivity index is 2.24. The van der Waals surface area contributed by atoms with E-state index in [2.05, 4.69) is 11.7 Å². The van der Waals surface area contributed by atoms with Gasteiger partial charge in [0.15, 0.2) is 5.69 Å². The highest BCUT2D eigenvalue weighted by Crippen LogP contribution is 2.22. The van der Waals surface area contributed by atoms with E-state index in [4.69, 9.17) is 9.84 Å². The molecule has 0 unspecified atom stereocenters. The SMILES string of the molecule is C=CCOC(=O)N1CCCn2nc(C(=O)O)cc21. The summed E-state index contributed by atoms with van der Waals surface area (Å²) in [6.45, 7) is 4.66. The predicted octanol–water partition coefficient (Wildman–Crippen LogP) is 1.11. The molecule has 1 aromatic heterocycles. The molecule has 18 heavy (non-hydrogen) atoms. The molecule has 0 fully saturated rings. The molecule has 0 radical (unpaired) electrons. The molecule has 0 saturated heterocycles. The second kappa shape index (κ2) is 4.91. The number of anilines is 1. The van der Waals surface area contributed by atoms with Gasteiger partial charge in [0, 0.05) is 19.2 Å². The van der Waals surface area contributed by atoms with Crippen LogP contribution in [0.15, 0.2) is 18.7 Å². The molecule has 1 aliphatic heterocycles. The van der Waals surface area contributed by atoms with Crippen molar-refractivity contribution in [3.8, 4) is 0 Å². The summed E-state index contributed by atoms with van der Waals surface area (Å²) >= 11 is 0. The highest BCUT2D eigenvalue weighted by Gasteiger charge is 2.26. The quantitative estimate of drug-likeness (QED) is 0.813. The zero-order chi connectivity index (χ0) is 13.1. The van der Waals surface area contributed by atoms with E-state index in [1.807, 2.05) is 0 Å². The van der Waals surface area contributed by atoms with Gasteiger partial charge in [0.05, 0.1) is 0 Å². The topological polar surface area (TPSA) is 84.7 Å². The number of carboxylic acid groups (broad SMARTS) is 1. The zero-order valence-electron chi connectivity index (χ0n) is 9.70. The van der Waals surface area contributed by atoms with E-state index in [-0.39, 0.29) is 12.3 Å². The molecule has 0 saturated carbocycles. The molecule has 2 heterocycles. The predicted molar refractivity (Wildman–Crippen MR) is 62.7 cm³/mol. The number of nitrogens with zero attached hydrogens (tertiary/aromatic N) is 3. The number of aromatic carboxylic acids is 1. The Morgan fingerprint density at radius 3 is 3.00 bits per heavy atom. The molecule has 0 spiro atoms. The molecular formula is C11H13N3O4. The summed E-state index contributed by atoms with van der Waals surface area (Å²) in [7, 11) is 0. The first-order chi connectivity index (χ1) is 8.63. The average molecular weight is 251 g/mol. The van der Waals surface area contributed by atoms with Crippen LogP contribution in [0.1, 0.15) is 16.9 Å². The maximum atomic E-state index is 11.8. The van der Waals surface area contributed by atoms with Gasteiger partial charge in [-0.05, 0) is 6.42 Å². The first-order valence-corrected chi connectivity index (χ1v) is 5.50. The van der Waals surface area contributed by atoms with E-state index in [1.165, 1.54) is 21.7 Å². The lowest BCUT2D eigenvalue weighted by Gasteiger charge is -2.26. The summed E-state index contributed by atoms with van der Waals surface area (Å²) in [5.41, 5.74) is -0.0755. The van der Waals surface area contributed by atoms with Crippen LogP contribution >= 0.6 is 0 Å². The van der Waals surface area contributed by atoms with Gasteiger partial charge in [-0.25, -0.2) is 14.3 Å². The number of carbonyl (C=O) groups is 2. The van der Waals surface area contributed by atoms with Crippen molar-refractivity contribution in [3.63, 3.8) is 0 Å². The van der Waals surface area contributed by atoms with Gasteiger partial charge in [-0.1, -0.05) is 12.7 Å². The Kier molecular flexibility index (Phi) is 3.31. The van der Waals surface area contributed by atoms with Crippen LogP contribution in [-0.2, 0) is 11.3 Å². The first-order valence-electron chi connectivity index (χ1n) is 5.50. The van der Waals surface area contributed by atoms with Gasteiger partial charge in [-0.15, -0.1) is 0 Å². The number of aromatic nitrogens is 2. The summed E-state index contributed by atoms with van der Waals surface area (Å²) in [6, 6.07) is 1.37. The molecule has 1 amide bonds. The van der Waals surface area contributed by atoms with Crippen LogP contribution in [0.3, 0.4) is 0 Å². The fraction of sp³-hybridized carbons (Fsp3) is 0.364. The van der Waals surface area contributed by atoms with Crippen molar-refractivity contribution in [1.29, 1.82) is 0 Å². The van der Waals surface area contributed by atoms with Crippen molar-refractivity contribution >= 4 is 17.9 Å². The summed E-state index contributed by atoms with van der Waals surface area (Å²) in [5.74, 6) is -0.663. The molecule has 1 N–H and O–H groups in total. The van der Waals surface area contributed by atoms with Gasteiger partial charge in [0.2, 0.25) is 0 Å². The monoisotopic (exact) mass is 251 g/mol. The van der Waals surface area contributed by atoms with Crippen molar-refractivity contribution in [2.75, 3.05) is 18.1 Å². The van der Waals surface area contributed by atoms with Crippen LogP contribution in [0.25, 0.3) is 0 Å². The van der Waals surface area contributed by atoms with Crippen LogP contribution in [-0.4, -0.2) is 40.1 Å². The maximum absolute atomic E-state index is 11.8. The van der Waals surface area contributed by atoms with Gasteiger partial charge in [0.1, 0.15) is 12.4 Å². The Morgan fingerprint density at radius 1 is 1.56 bits per heavy atom. The van der Waals surface area contributed by atoms with Crippen molar-refractivity contribution < 1.29 is 19.4 Å². The number of rotatable bonds is 3. The van der Waals surface area contributed by atoms with Crippen molar-refractivity contribution in [3.05, 3.63) is 24.4 Å². The third-order valence-electron chi connectivity index (χ3n) is 2.55. The Labute approximate surface area is 103 Å². The van der Waals surface area contributed by atoms with E-state index < -0.39 is 12.1 Å². The summed E-state index contributed by atoms with van der Waals surface area (Å²) < 4.78 is 6.44. The number of carboxylic acids is 1. The minimum atomic E-state index is -1.11. The van der Waals surface area contributed by atoms with Crippen LogP contribution in [0.4, 0.5) is 10.6 Å². The van der Waals surface area contributed by atoms with Gasteiger partial charge in [-0.3, -0.25) is 4.90 Å². The Bertz CT molecular complexity index is 494. The molecule has 0 atom stereocenters. The highest BCUT2D eigenvalue weighted by molar-refractivity contribution is 5.91. The van der Waals surface area contributed by atoms with E-state index in [0.29, 0.717) is 25.3 Å². The van der Waals surface area contributed by atoms with E-state index >= 15 is 0 Å². The standard InChI is InChI=1S/C11H13N3O4/c1-2-6-18-11(17)13-4-3-5-14-9(13)7-8(12-14)10(15)16/h2,7H,1,3-6H2,(H,15,16). The normalized spacial score (nSPS) is 13.9. The van der Waals surface area contributed by atoms with Gasteiger partial charge in [-0.2, -0.15) is 5.10 Å². The average Bonchev–Trinajstić information content (AvgIpc) is 2.79. The van der Waals surface area contributed by atoms with Gasteiger partial charge >= 0.3 is 12.1 Å². The number of carbonyl (C=O) groups excluding carboxylic acids is 1. The molecule has 0 aliphatic carbocycles. The van der Waals surface area contributed by atoms with Crippen LogP contribution in [0.2, 0.25) is 0 Å². The number of hydrogen-bond acceptors (Lipinski definition) is 4. The molecule has 0 aromatic carbocycles. The molecule has 0 bridgehead atoms. The van der Waals surface area contributed by atoms with Gasteiger partial charge in [0.25, 0.3) is 0 Å². The lowest BCUT2D eigenvalue weighted by atomic mass is 10.3. The maximum Gasteiger partial charge on any atom is 0.415 e. The summed E-state index contributed by atoms with van der Waals surface area (Å²) in [5, 5.41) is 12.8. The lowest BCUT2D eigenvalue weighted by Crippen LogP contribution is -2.37. The number of hydrogen-bond donors (Lipinski definition) is 1. The fourth-order valence-corrected chi connectivity index (χ4v) is 1.78. The largest absolute Gasteiger partial charge is 0.476 e. The second-order valence-corrected chi connectivity index (χ2v) is 3.79. The smallest absolute Gasteiger partial charge is 0.415 e. The molecule has 1 aromatic rings. The van der Waals surface area contributed by atoms with E-state index in [9.17, 15) is 9.59 Å². The number of aryl methyl sites for hydroxylation is 1. The minimum absolute atomic E-state index is 0.0755. The Morgan fingerprint density at radius 2 is 2.33 bits per heavy atom. The third-order valence-corrected chi connectivity index (χ3v) is 2.55. The highest BCUT2D eigenvalue weighted by atomic mass is 16.6. The first kappa shape index (κ1) is 12.2. The van der Waals surface area contributed by atoms with Gasteiger partial charge < -0.3 is 9.84 Å². The molecular weight excluding hydrogens is 238 g/mol. The minimum Gasteiger partial charge on any atom is -0.476 e. The fourth-order valence-electron chi connectivity index (χ4n) is 1.78. The van der Waals surface area contributed by atoms with Crippen LogP contribution in [0.5, 0.6) is 0 Å². The zero-order valence-corrected chi connectivity index (χ0v) is 9.70. The lowest BCUT2D eigenvalue weighted by molar-refractivity contribution is 0.0689. The summed E-state index contributed by atoms with van der Waals surface area (Å²) in [4.78, 5) is 24.0. The van der Waals surface area contributed by atoms with E-state index in [1.54, 1.807) is 0 Å². The second-order valence-electron chi connectivity index (χ2n) is 3.79. The van der Waals surface area contributed by atoms with Crippen LogP contribution < -0.4 is 4.90 Å². The summed E-state index contributed by atoms with van der Waals surface area (Å²) in [6.07, 6.45) is 1.66. The molecule has 96 valence electrons. The van der Waals surface area contributed by atoms with Crippen LogP contribution in [0, 0.1) is 0 Å². The Hall–Kier alpha value is -2.31. The van der Waals surface area contributed by atoms with Crippen molar-refractivity contribution in [1.82, 2.24) is 9.78 Å². The van der Waals surface area contributed by atoms with Crippen molar-refractivity contribution in [2.45, 2.75) is 13.0 Å². The molecule has 2 rings (SSSR count). The number of amides is 1. The van der Waals surface area contributed by atoms with E-state index in [0.717, 1.165) is 0 Å². The number of ether oxygens (including phenoxy) is 1. The van der Waals surface area contributed by atoms with Crippen molar-refractivity contribution in [2.24, 2.45) is 0 Å². The molecule has 7 heteroatoms. The molecule has 1 aliphatic rings. The molecule has 7 nitrogen and oxygen atoms in total. The number of fused-ring (bicyclic) bond motifs is 1. The third kappa shape index (κ3) is 2.20.